The van der Waals surface area contributed by atoms with E-state index in [9.17, 15) is 4.79 Å². The number of pyridine rings is 1. The number of nitrogens with two attached hydrogens (primary N) is 1. The number of carboxylic acid groups (broad SMARTS) is 1. The number of fused-ring (bicyclic) bond motifs is 4. The molecule has 8 nitrogen and oxygen atoms in total. The fourth-order valence-corrected chi connectivity index (χ4v) is 3.93. The summed E-state index contributed by atoms with van der Waals surface area (Å²) in [6, 6.07) is 9.45. The third-order valence-electron chi connectivity index (χ3n) is 5.14. The Morgan fingerprint density at radius 3 is 2.93 bits per heavy atom. The second kappa shape index (κ2) is 5.78. The minimum atomic E-state index is -1.09. The van der Waals surface area contributed by atoms with Gasteiger partial charge < -0.3 is 20.7 Å². The molecular weight excluding hydrogens is 356 g/mol. The number of para-hydroxylation sites is 1. The van der Waals surface area contributed by atoms with Gasteiger partial charge in [-0.2, -0.15) is 0 Å². The highest BCUT2D eigenvalue weighted by molar-refractivity contribution is 6.07. The van der Waals surface area contributed by atoms with Crippen molar-refractivity contribution in [1.29, 1.82) is 0 Å². The molecule has 0 bridgehead atoms. The molecule has 1 amide bonds. The van der Waals surface area contributed by atoms with Crippen LogP contribution in [0.3, 0.4) is 0 Å². The van der Waals surface area contributed by atoms with Crippen molar-refractivity contribution >= 4 is 39.4 Å². The number of amides is 1. The summed E-state index contributed by atoms with van der Waals surface area (Å²) in [7, 11) is 0. The summed E-state index contributed by atoms with van der Waals surface area (Å²) in [5, 5.41) is 13.4. The predicted octanol–water partition coefficient (Wildman–Crippen LogP) is 2.89. The molecule has 4 N–H and O–H groups in total. The molecule has 8 heteroatoms. The van der Waals surface area contributed by atoms with E-state index >= 15 is 0 Å². The lowest BCUT2D eigenvalue weighted by Gasteiger charge is -2.12. The average molecular weight is 372 g/mol. The second-order valence-corrected chi connectivity index (χ2v) is 6.74. The summed E-state index contributed by atoms with van der Waals surface area (Å²) in [6.45, 7) is 4.54. The van der Waals surface area contributed by atoms with Crippen LogP contribution in [0.2, 0.25) is 0 Å². The highest BCUT2D eigenvalue weighted by Gasteiger charge is 2.34. The number of hydrogen-bond donors (Lipinski definition) is 3. The minimum absolute atomic E-state index is 0.366. The highest BCUT2D eigenvalue weighted by Crippen LogP contribution is 2.43. The van der Waals surface area contributed by atoms with Crippen LogP contribution >= 0.6 is 0 Å². The van der Waals surface area contributed by atoms with Crippen molar-refractivity contribution in [2.75, 3.05) is 5.73 Å². The quantitative estimate of drug-likeness (QED) is 0.498. The van der Waals surface area contributed by atoms with Crippen molar-refractivity contribution in [2.24, 2.45) is 0 Å². The lowest BCUT2D eigenvalue weighted by molar-refractivity contribution is 0.192. The first kappa shape index (κ1) is 16.2. The smallest absolute Gasteiger partial charge is 0.405 e. The first-order chi connectivity index (χ1) is 13.5. The third-order valence-corrected chi connectivity index (χ3v) is 5.14. The van der Waals surface area contributed by atoms with Crippen molar-refractivity contribution in [1.82, 2.24) is 24.8 Å². The van der Waals surface area contributed by atoms with Gasteiger partial charge in [-0.1, -0.05) is 24.8 Å². The minimum Gasteiger partial charge on any atom is -0.465 e. The molecule has 3 aromatic heterocycles. The summed E-state index contributed by atoms with van der Waals surface area (Å²) < 4.78 is 1.95. The molecule has 1 aliphatic heterocycles. The van der Waals surface area contributed by atoms with Crippen LogP contribution in [0.5, 0.6) is 0 Å². The van der Waals surface area contributed by atoms with Gasteiger partial charge in [0.2, 0.25) is 0 Å². The maximum atomic E-state index is 11.2. The Bertz CT molecular complexity index is 1290. The molecule has 4 heterocycles. The van der Waals surface area contributed by atoms with Crippen LogP contribution in [0.15, 0.2) is 49.4 Å². The number of rotatable bonds is 2. The fourth-order valence-electron chi connectivity index (χ4n) is 3.93. The van der Waals surface area contributed by atoms with Crippen molar-refractivity contribution in [3.05, 3.63) is 55.1 Å². The van der Waals surface area contributed by atoms with Gasteiger partial charge >= 0.3 is 6.09 Å². The third kappa shape index (κ3) is 2.24. The number of nitrogens with zero attached hydrogens (tertiary/aromatic N) is 4. The largest absolute Gasteiger partial charge is 0.465 e. The van der Waals surface area contributed by atoms with E-state index in [1.54, 1.807) is 6.20 Å². The molecule has 0 saturated carbocycles. The number of hydrogen-bond acceptors (Lipinski definition) is 5. The second-order valence-electron chi connectivity index (χ2n) is 6.74. The first-order valence-corrected chi connectivity index (χ1v) is 8.71. The Kier molecular flexibility index (Phi) is 3.35. The van der Waals surface area contributed by atoms with Gasteiger partial charge in [0, 0.05) is 29.3 Å². The van der Waals surface area contributed by atoms with Gasteiger partial charge in [-0.3, -0.25) is 4.98 Å². The van der Waals surface area contributed by atoms with Crippen LogP contribution in [0.25, 0.3) is 38.6 Å². The van der Waals surface area contributed by atoms with E-state index in [0.29, 0.717) is 23.6 Å². The van der Waals surface area contributed by atoms with Gasteiger partial charge in [0.15, 0.2) is 0 Å². The molecule has 1 atom stereocenters. The van der Waals surface area contributed by atoms with Crippen LogP contribution < -0.4 is 11.1 Å². The van der Waals surface area contributed by atoms with E-state index in [0.717, 1.165) is 33.1 Å². The normalized spacial score (nSPS) is 15.9. The molecule has 138 valence electrons. The van der Waals surface area contributed by atoms with Gasteiger partial charge in [-0.25, -0.2) is 14.8 Å². The predicted molar refractivity (Wildman–Crippen MR) is 107 cm³/mol. The topological polar surface area (TPSA) is 119 Å². The standard InChI is InChI=1S/C20H16N6O2/c1-10-14(25-20(27)28)8-26-17(10)15(16-18(21)23-9-24-19(16)26)12-6-11-4-2-3-5-13(11)22-7-12/h2-7,9,14,25H,1,8H2,(H,27,28)(H2,21,23,24). The van der Waals surface area contributed by atoms with Gasteiger partial charge in [0.05, 0.1) is 22.6 Å². The van der Waals surface area contributed by atoms with E-state index < -0.39 is 12.1 Å². The van der Waals surface area contributed by atoms with Crippen LogP contribution in [-0.4, -0.2) is 36.8 Å². The molecule has 1 aromatic carbocycles. The Hall–Kier alpha value is -3.94. The number of benzene rings is 1. The Morgan fingerprint density at radius 1 is 1.29 bits per heavy atom. The van der Waals surface area contributed by atoms with Gasteiger partial charge in [0.25, 0.3) is 0 Å². The molecule has 0 aliphatic carbocycles. The van der Waals surface area contributed by atoms with E-state index in [1.165, 1.54) is 6.33 Å². The number of carbonyl (C=O) groups is 1. The lowest BCUT2D eigenvalue weighted by Crippen LogP contribution is -2.33. The van der Waals surface area contributed by atoms with Crippen molar-refractivity contribution in [3.63, 3.8) is 0 Å². The van der Waals surface area contributed by atoms with Crippen molar-refractivity contribution in [3.8, 4) is 11.1 Å². The maximum Gasteiger partial charge on any atom is 0.405 e. The van der Waals surface area contributed by atoms with E-state index in [2.05, 4.69) is 26.8 Å². The molecule has 1 aliphatic rings. The summed E-state index contributed by atoms with van der Waals surface area (Å²) in [5.74, 6) is 0.366. The van der Waals surface area contributed by atoms with Gasteiger partial charge in [-0.05, 0) is 17.7 Å². The van der Waals surface area contributed by atoms with Gasteiger partial charge in [-0.15, -0.1) is 0 Å². The van der Waals surface area contributed by atoms with Crippen LogP contribution in [0, 0.1) is 0 Å². The SMILES string of the molecule is C=C1c2c(-c3cnc4ccccc4c3)c3c(N)ncnc3n2CC1NC(=O)O. The van der Waals surface area contributed by atoms with E-state index in [4.69, 9.17) is 10.8 Å². The maximum absolute atomic E-state index is 11.2. The zero-order valence-corrected chi connectivity index (χ0v) is 14.8. The molecule has 28 heavy (non-hydrogen) atoms. The molecule has 0 radical (unpaired) electrons. The average Bonchev–Trinajstić information content (AvgIpc) is 3.17. The zero-order chi connectivity index (χ0) is 19.4. The Balaban J connectivity index is 1.80. The van der Waals surface area contributed by atoms with E-state index in [-0.39, 0.29) is 0 Å². The summed E-state index contributed by atoms with van der Waals surface area (Å²) in [4.78, 5) is 24.3. The fraction of sp³-hybridized carbons (Fsp3) is 0.100. The monoisotopic (exact) mass is 372 g/mol. The number of nitrogen functional groups attached to an aromatic ring is 1. The Morgan fingerprint density at radius 2 is 2.11 bits per heavy atom. The molecule has 0 spiro atoms. The molecule has 5 rings (SSSR count). The molecule has 1 unspecified atom stereocenters. The lowest BCUT2D eigenvalue weighted by atomic mass is 9.98. The summed E-state index contributed by atoms with van der Waals surface area (Å²) in [5.41, 5.74) is 10.9. The Labute approximate surface area is 159 Å². The van der Waals surface area contributed by atoms with Crippen molar-refractivity contribution < 1.29 is 9.90 Å². The van der Waals surface area contributed by atoms with Crippen molar-refractivity contribution in [2.45, 2.75) is 12.6 Å². The molecule has 0 saturated heterocycles. The molecule has 4 aromatic rings. The van der Waals surface area contributed by atoms with Crippen LogP contribution in [0.4, 0.5) is 10.6 Å². The van der Waals surface area contributed by atoms with Crippen LogP contribution in [0.1, 0.15) is 5.69 Å². The number of anilines is 1. The summed E-state index contributed by atoms with van der Waals surface area (Å²) in [6.07, 6.45) is 2.10. The molecule has 0 fully saturated rings. The van der Waals surface area contributed by atoms with Crippen LogP contribution in [-0.2, 0) is 6.54 Å². The number of aromatic nitrogens is 4. The summed E-state index contributed by atoms with van der Waals surface area (Å²) >= 11 is 0. The van der Waals surface area contributed by atoms with E-state index in [1.807, 2.05) is 34.9 Å². The zero-order valence-electron chi connectivity index (χ0n) is 14.8. The van der Waals surface area contributed by atoms with Gasteiger partial charge in [0.1, 0.15) is 17.8 Å². The number of nitrogens with one attached hydrogen (secondary N) is 1. The molecular formula is C20H16N6O2. The first-order valence-electron chi connectivity index (χ1n) is 8.71. The highest BCUT2D eigenvalue weighted by atomic mass is 16.4.